The maximum atomic E-state index is 11.9. The lowest BCUT2D eigenvalue weighted by molar-refractivity contribution is -0.146. The van der Waals surface area contributed by atoms with Gasteiger partial charge in [-0.05, 0) is 24.3 Å². The molecule has 1 aromatic heterocycles. The van der Waals surface area contributed by atoms with E-state index in [1.807, 2.05) is 36.4 Å². The molecule has 0 bridgehead atoms. The second-order valence-electron chi connectivity index (χ2n) is 6.20. The Kier molecular flexibility index (Phi) is 5.85. The van der Waals surface area contributed by atoms with Crippen molar-refractivity contribution in [2.24, 2.45) is 0 Å². The molecule has 3 aromatic rings. The first-order valence-corrected chi connectivity index (χ1v) is 9.95. The second-order valence-corrected chi connectivity index (χ2v) is 7.13. The molecule has 1 N–H and O–H groups in total. The van der Waals surface area contributed by atoms with E-state index in [0.29, 0.717) is 28.9 Å². The summed E-state index contributed by atoms with van der Waals surface area (Å²) >= 11 is 1.11. The van der Waals surface area contributed by atoms with E-state index in [4.69, 9.17) is 18.6 Å². The summed E-state index contributed by atoms with van der Waals surface area (Å²) in [5, 5.41) is 3.05. The Labute approximate surface area is 170 Å². The van der Waals surface area contributed by atoms with Crippen molar-refractivity contribution < 1.29 is 28.2 Å². The zero-order valence-electron chi connectivity index (χ0n) is 15.3. The van der Waals surface area contributed by atoms with E-state index in [1.165, 1.54) is 0 Å². The van der Waals surface area contributed by atoms with Crippen LogP contribution >= 0.6 is 11.8 Å². The standard InChI is InChI=1S/C20H18N2O6S/c23-18(21-9-13-10-25-16-7-3-4-8-17(16)27-13)11-26-19(24)12-29-20-22-14-5-1-2-6-15(14)28-20/h1-8,13H,9-12H2,(H,21,23)/t13-/m1/s1. The minimum absolute atomic E-state index is 0.00351. The van der Waals surface area contributed by atoms with E-state index >= 15 is 0 Å². The van der Waals surface area contributed by atoms with Gasteiger partial charge in [0.1, 0.15) is 24.0 Å². The maximum Gasteiger partial charge on any atom is 0.316 e. The van der Waals surface area contributed by atoms with Gasteiger partial charge in [-0.25, -0.2) is 4.98 Å². The Morgan fingerprint density at radius 3 is 2.79 bits per heavy atom. The van der Waals surface area contributed by atoms with Crippen LogP contribution in [0.2, 0.25) is 0 Å². The summed E-state index contributed by atoms with van der Waals surface area (Å²) in [6.45, 7) is 0.220. The molecule has 29 heavy (non-hydrogen) atoms. The molecule has 1 atom stereocenters. The summed E-state index contributed by atoms with van der Waals surface area (Å²) in [5.41, 5.74) is 1.37. The molecule has 0 saturated heterocycles. The van der Waals surface area contributed by atoms with Crippen molar-refractivity contribution in [2.75, 3.05) is 25.5 Å². The number of fused-ring (bicyclic) bond motifs is 2. The summed E-state index contributed by atoms with van der Waals surface area (Å²) in [6.07, 6.45) is -0.306. The monoisotopic (exact) mass is 414 g/mol. The molecule has 4 rings (SSSR count). The van der Waals surface area contributed by atoms with Gasteiger partial charge in [-0.3, -0.25) is 9.59 Å². The Morgan fingerprint density at radius 1 is 1.14 bits per heavy atom. The highest BCUT2D eigenvalue weighted by molar-refractivity contribution is 7.99. The largest absolute Gasteiger partial charge is 0.486 e. The molecule has 0 unspecified atom stereocenters. The van der Waals surface area contributed by atoms with Gasteiger partial charge in [0, 0.05) is 0 Å². The number of esters is 1. The van der Waals surface area contributed by atoms with Crippen molar-refractivity contribution in [3.63, 3.8) is 0 Å². The number of hydrogen-bond acceptors (Lipinski definition) is 8. The van der Waals surface area contributed by atoms with Crippen LogP contribution in [0.4, 0.5) is 0 Å². The molecule has 1 amide bonds. The Balaban J connectivity index is 1.15. The molecule has 8 nitrogen and oxygen atoms in total. The lowest BCUT2D eigenvalue weighted by Gasteiger charge is -2.26. The van der Waals surface area contributed by atoms with E-state index < -0.39 is 11.9 Å². The lowest BCUT2D eigenvalue weighted by Crippen LogP contribution is -2.42. The van der Waals surface area contributed by atoms with Gasteiger partial charge in [0.25, 0.3) is 11.1 Å². The first kappa shape index (κ1) is 19.1. The molecule has 0 saturated carbocycles. The smallest absolute Gasteiger partial charge is 0.316 e. The van der Waals surface area contributed by atoms with E-state index in [1.54, 1.807) is 12.1 Å². The Morgan fingerprint density at radius 2 is 1.93 bits per heavy atom. The minimum Gasteiger partial charge on any atom is -0.486 e. The van der Waals surface area contributed by atoms with Crippen molar-refractivity contribution >= 4 is 34.7 Å². The number of carbonyl (C=O) groups is 2. The van der Waals surface area contributed by atoms with Crippen LogP contribution in [0, 0.1) is 0 Å². The van der Waals surface area contributed by atoms with Crippen molar-refractivity contribution in [3.05, 3.63) is 48.5 Å². The molecule has 150 valence electrons. The highest BCUT2D eigenvalue weighted by atomic mass is 32.2. The summed E-state index contributed by atoms with van der Waals surface area (Å²) in [6, 6.07) is 14.7. The van der Waals surface area contributed by atoms with E-state index in [-0.39, 0.29) is 25.0 Å². The highest BCUT2D eigenvalue weighted by Gasteiger charge is 2.21. The van der Waals surface area contributed by atoms with Gasteiger partial charge in [0.05, 0.1) is 6.54 Å². The van der Waals surface area contributed by atoms with Crippen LogP contribution in [0.1, 0.15) is 0 Å². The molecule has 0 aliphatic carbocycles. The summed E-state index contributed by atoms with van der Waals surface area (Å²) in [7, 11) is 0. The highest BCUT2D eigenvalue weighted by Crippen LogP contribution is 2.30. The van der Waals surface area contributed by atoms with Gasteiger partial charge in [-0.1, -0.05) is 36.0 Å². The fourth-order valence-corrected chi connectivity index (χ4v) is 3.30. The summed E-state index contributed by atoms with van der Waals surface area (Å²) in [5.74, 6) is 0.378. The number of carbonyl (C=O) groups excluding carboxylic acids is 2. The first-order valence-electron chi connectivity index (χ1n) is 8.96. The number of amides is 1. The number of nitrogens with one attached hydrogen (secondary N) is 1. The third-order valence-corrected chi connectivity index (χ3v) is 4.85. The Hall–Kier alpha value is -3.20. The summed E-state index contributed by atoms with van der Waals surface area (Å²) in [4.78, 5) is 28.0. The second kappa shape index (κ2) is 8.87. The average Bonchev–Trinajstić information content (AvgIpc) is 3.17. The van der Waals surface area contributed by atoms with Crippen molar-refractivity contribution in [3.8, 4) is 11.5 Å². The molecular formula is C20H18N2O6S. The number of nitrogens with zero attached hydrogens (tertiary/aromatic N) is 1. The van der Waals surface area contributed by atoms with E-state index in [9.17, 15) is 9.59 Å². The van der Waals surface area contributed by atoms with Crippen LogP contribution in [-0.2, 0) is 14.3 Å². The number of para-hydroxylation sites is 4. The molecule has 2 heterocycles. The number of aromatic nitrogens is 1. The minimum atomic E-state index is -0.529. The van der Waals surface area contributed by atoms with Crippen LogP contribution in [0.5, 0.6) is 11.5 Å². The average molecular weight is 414 g/mol. The molecule has 0 fully saturated rings. The maximum absolute atomic E-state index is 11.9. The normalized spacial score (nSPS) is 15.1. The number of ether oxygens (including phenoxy) is 3. The predicted molar refractivity (Wildman–Crippen MR) is 105 cm³/mol. The van der Waals surface area contributed by atoms with Gasteiger partial charge in [-0.2, -0.15) is 0 Å². The third-order valence-electron chi connectivity index (χ3n) is 4.05. The lowest BCUT2D eigenvalue weighted by atomic mass is 10.2. The van der Waals surface area contributed by atoms with Gasteiger partial charge in [0.2, 0.25) is 0 Å². The number of rotatable bonds is 7. The van der Waals surface area contributed by atoms with Crippen LogP contribution in [0.15, 0.2) is 58.2 Å². The molecule has 1 aliphatic rings. The van der Waals surface area contributed by atoms with Crippen molar-refractivity contribution in [2.45, 2.75) is 11.3 Å². The number of hydrogen-bond donors (Lipinski definition) is 1. The van der Waals surface area contributed by atoms with Gasteiger partial charge in [0.15, 0.2) is 23.7 Å². The zero-order chi connectivity index (χ0) is 20.1. The van der Waals surface area contributed by atoms with Gasteiger partial charge in [-0.15, -0.1) is 0 Å². The zero-order valence-corrected chi connectivity index (χ0v) is 16.1. The van der Waals surface area contributed by atoms with Crippen LogP contribution in [-0.4, -0.2) is 48.5 Å². The Bertz CT molecular complexity index is 988. The molecule has 0 spiro atoms. The van der Waals surface area contributed by atoms with Crippen LogP contribution in [0.25, 0.3) is 11.1 Å². The summed E-state index contributed by atoms with van der Waals surface area (Å²) < 4.78 is 21.8. The van der Waals surface area contributed by atoms with Gasteiger partial charge >= 0.3 is 5.97 Å². The fourth-order valence-electron chi connectivity index (χ4n) is 2.66. The fraction of sp³-hybridized carbons (Fsp3) is 0.250. The SMILES string of the molecule is O=C(COC(=O)CSc1nc2ccccc2o1)NC[C@@H]1COc2ccccc2O1. The molecule has 1 aliphatic heterocycles. The first-order chi connectivity index (χ1) is 14.2. The van der Waals surface area contributed by atoms with E-state index in [2.05, 4.69) is 10.3 Å². The molecule has 2 aromatic carbocycles. The number of oxazole rings is 1. The quantitative estimate of drug-likeness (QED) is 0.465. The number of benzene rings is 2. The van der Waals surface area contributed by atoms with Crippen molar-refractivity contribution in [1.29, 1.82) is 0 Å². The van der Waals surface area contributed by atoms with Crippen molar-refractivity contribution in [1.82, 2.24) is 10.3 Å². The molecule has 0 radical (unpaired) electrons. The third kappa shape index (κ3) is 5.00. The molecule has 9 heteroatoms. The topological polar surface area (TPSA) is 99.9 Å². The predicted octanol–water partition coefficient (Wildman–Crippen LogP) is 2.42. The van der Waals surface area contributed by atoms with Gasteiger partial charge < -0.3 is 23.9 Å². The van der Waals surface area contributed by atoms with Crippen LogP contribution in [0.3, 0.4) is 0 Å². The molecular weight excluding hydrogens is 396 g/mol. The van der Waals surface area contributed by atoms with E-state index in [0.717, 1.165) is 17.3 Å². The van der Waals surface area contributed by atoms with Crippen LogP contribution < -0.4 is 14.8 Å². The number of thioether (sulfide) groups is 1.